The second-order valence-electron chi connectivity index (χ2n) is 24.2. The Hall–Kier alpha value is -9.78. The van der Waals surface area contributed by atoms with Gasteiger partial charge in [0.25, 0.3) is 11.8 Å². The van der Waals surface area contributed by atoms with Gasteiger partial charge in [-0.3, -0.25) is 52.8 Å². The molecule has 34 nitrogen and oxygen atoms in total. The Bertz CT molecular complexity index is 3720. The second-order valence-corrected chi connectivity index (χ2v) is 25.2. The Kier molecular flexibility index (Phi) is 27.0. The number of methoxy groups -OCH3 is 1. The number of aliphatic hydroxyl groups excluding tert-OH is 2. The number of hydrogen-bond donors (Lipinski definition) is 14. The summed E-state index contributed by atoms with van der Waals surface area (Å²) in [5.41, 5.74) is 0.767. The van der Waals surface area contributed by atoms with Gasteiger partial charge in [0.2, 0.25) is 35.3 Å². The normalized spacial score (nSPS) is 20.1. The van der Waals surface area contributed by atoms with Crippen molar-refractivity contribution in [2.45, 2.75) is 141 Å². The molecule has 0 radical (unpaired) electrons. The molecule has 4 aliphatic rings. The van der Waals surface area contributed by atoms with Gasteiger partial charge in [-0.25, -0.2) is 14.4 Å². The topological polar surface area (TPSA) is 512 Å². The van der Waals surface area contributed by atoms with E-state index >= 15 is 0 Å². The van der Waals surface area contributed by atoms with E-state index in [-0.39, 0.29) is 114 Å². The number of aliphatic hydroxyl groups is 3. The van der Waals surface area contributed by atoms with E-state index < -0.39 is 186 Å². The molecule has 542 valence electrons. The number of fused-ring (bicyclic) bond motifs is 3. The van der Waals surface area contributed by atoms with Crippen molar-refractivity contribution in [1.29, 1.82) is 0 Å². The monoisotopic (exact) mass is 1420 g/mol. The average molecular weight is 1420 g/mol. The van der Waals surface area contributed by atoms with Crippen LogP contribution in [0.5, 0.6) is 23.0 Å². The van der Waals surface area contributed by atoms with E-state index in [1.165, 1.54) is 57.4 Å². The first kappa shape index (κ1) is 77.6. The van der Waals surface area contributed by atoms with E-state index in [0.29, 0.717) is 12.8 Å². The SMILES string of the molecule is COc1cccc2c1C(=O)c1c(O)c3c(c(O)c1C2=O)C[C@@](O)(C(=O)CO)C[C@@H]3O[C@H]1C[C@H](NC(=O)OCc2ccc(NC(=O)[C@H](CCCCNC(N)=O)NC(=O)[C@@H](NC(C)=O)C(C)C)cc2OCCOCCNC(=O)CCN2C(=O)C=C(SC[C@H](NC(C)=O)C(=O)O)C2=O)[C@H](O)[C@H](C)O1. The summed E-state index contributed by atoms with van der Waals surface area (Å²) in [5.74, 6) is -11.0. The number of urea groups is 1. The maximum Gasteiger partial charge on any atom is 0.407 e. The largest absolute Gasteiger partial charge is 0.507 e. The molecule has 2 aliphatic carbocycles. The number of rotatable bonds is 34. The van der Waals surface area contributed by atoms with Gasteiger partial charge in [-0.1, -0.05) is 26.0 Å². The Morgan fingerprint density at radius 2 is 1.57 bits per heavy atom. The molecular weight excluding hydrogens is 1340 g/mol. The number of thioether (sulfide) groups is 1. The zero-order valence-corrected chi connectivity index (χ0v) is 56.2. The van der Waals surface area contributed by atoms with E-state index in [4.69, 9.17) is 34.2 Å². The lowest BCUT2D eigenvalue weighted by Gasteiger charge is -2.42. The van der Waals surface area contributed by atoms with Crippen molar-refractivity contribution in [2.75, 3.05) is 64.2 Å². The third-order valence-electron chi connectivity index (χ3n) is 16.6. The molecule has 1 fully saturated rings. The predicted octanol–water partition coefficient (Wildman–Crippen LogP) is -0.131. The van der Waals surface area contributed by atoms with E-state index in [1.54, 1.807) is 13.8 Å². The number of alkyl carbamates (subject to hydrolysis) is 1. The molecule has 100 heavy (non-hydrogen) atoms. The number of Topliss-reactive ketones (excluding diaryl/α,β-unsaturated/α-hetero) is 1. The second kappa shape index (κ2) is 34.8. The predicted molar refractivity (Wildman–Crippen MR) is 348 cm³/mol. The average Bonchev–Trinajstić information content (AvgIpc) is 0.805. The number of carboxylic acids is 1. The number of carbonyl (C=O) groups is 13. The van der Waals surface area contributed by atoms with E-state index in [0.717, 1.165) is 29.7 Å². The van der Waals surface area contributed by atoms with Gasteiger partial charge in [0.05, 0.1) is 60.2 Å². The molecule has 9 atom stereocenters. The number of aliphatic carboxylic acids is 1. The molecule has 10 amide bonds. The van der Waals surface area contributed by atoms with Gasteiger partial charge >= 0.3 is 18.1 Å². The summed E-state index contributed by atoms with van der Waals surface area (Å²) < 4.78 is 35.1. The summed E-state index contributed by atoms with van der Waals surface area (Å²) in [6.07, 6.45) is -7.18. The number of amides is 10. The Morgan fingerprint density at radius 1 is 0.850 bits per heavy atom. The molecule has 0 saturated carbocycles. The molecule has 1 saturated heterocycles. The summed E-state index contributed by atoms with van der Waals surface area (Å²) in [4.78, 5) is 168. The lowest BCUT2D eigenvalue weighted by atomic mass is 9.72. The number of primary amides is 1. The molecule has 0 spiro atoms. The summed E-state index contributed by atoms with van der Waals surface area (Å²) in [7, 11) is 1.26. The highest BCUT2D eigenvalue weighted by Gasteiger charge is 2.51. The van der Waals surface area contributed by atoms with Crippen molar-refractivity contribution in [3.05, 3.63) is 86.3 Å². The number of carbonyl (C=O) groups excluding carboxylic acids is 12. The molecule has 3 aromatic carbocycles. The van der Waals surface area contributed by atoms with Crippen LogP contribution in [0.4, 0.5) is 15.3 Å². The molecule has 15 N–H and O–H groups in total. The number of benzene rings is 3. The van der Waals surface area contributed by atoms with E-state index in [9.17, 15) is 93.0 Å². The fourth-order valence-corrected chi connectivity index (χ4v) is 12.5. The number of ether oxygens (including phenoxy) is 6. The standard InChI is InChI=1S/C65H81N9O25S/c1-30(2)53(70-33(5)77)60(87)72-38(11-7-8-16-68-63(66)91)59(86)71-35-14-13-34(42(22-35)96-21-20-95-19-17-67-46(79)15-18-74-47(80)24-44(61(74)88)100-29-40(62(89)90)69-32(4)76)28-97-64(92)73-39-23-48(98-31(3)54(39)81)99-43-26-65(93,45(78)27-75)25-37-50(43)58(85)52-51(56(37)83)55(82)36-10-9-12-41(94-6)49(36)57(52)84/h9-10,12-14,22,24,30-31,38-40,43,48,53-54,75,81,83,85,93H,7-8,11,15-21,23,25-29H2,1-6H3,(H,67,79)(H,69,76)(H,70,77)(H,71,86)(H,72,87)(H,73,92)(H,89,90)(H3,66,68,91)/t31-,38-,39-,40-,43-,48-,53-,54+,65-/m0/s1. The number of nitrogens with two attached hydrogens (primary N) is 1. The number of imide groups is 1. The Balaban J connectivity index is 1.03. The van der Waals surface area contributed by atoms with Gasteiger partial charge in [-0.05, 0) is 50.3 Å². The number of aromatic hydroxyl groups is 2. The van der Waals surface area contributed by atoms with Crippen LogP contribution in [-0.4, -0.2) is 220 Å². The molecule has 0 unspecified atom stereocenters. The molecule has 3 aromatic rings. The summed E-state index contributed by atoms with van der Waals surface area (Å²) in [6, 6.07) is 2.88. The van der Waals surface area contributed by atoms with Gasteiger partial charge in [-0.15, -0.1) is 11.8 Å². The number of phenols is 2. The molecule has 2 heterocycles. The highest BCUT2D eigenvalue weighted by atomic mass is 32.2. The van der Waals surface area contributed by atoms with E-state index in [2.05, 4.69) is 37.2 Å². The fraction of sp³-hybridized carbons (Fsp3) is 0.492. The lowest BCUT2D eigenvalue weighted by Crippen LogP contribution is -2.56. The third kappa shape index (κ3) is 19.4. The number of anilines is 1. The van der Waals surface area contributed by atoms with Crippen LogP contribution < -0.4 is 52.4 Å². The lowest BCUT2D eigenvalue weighted by molar-refractivity contribution is -0.249. The first-order valence-corrected chi connectivity index (χ1v) is 32.7. The van der Waals surface area contributed by atoms with Gasteiger partial charge in [0, 0.05) is 105 Å². The number of ketones is 3. The summed E-state index contributed by atoms with van der Waals surface area (Å²) >= 11 is 0.761. The van der Waals surface area contributed by atoms with E-state index in [1.807, 2.05) is 0 Å². The third-order valence-corrected chi connectivity index (χ3v) is 17.7. The number of unbranched alkanes of at least 4 members (excludes halogenated alkanes) is 1. The number of carboxylic acid groups (broad SMARTS) is 1. The molecule has 0 aromatic heterocycles. The highest BCUT2D eigenvalue weighted by molar-refractivity contribution is 8.04. The zero-order valence-electron chi connectivity index (χ0n) is 55.4. The summed E-state index contributed by atoms with van der Waals surface area (Å²) in [6.45, 7) is 4.91. The van der Waals surface area contributed by atoms with Crippen LogP contribution in [-0.2, 0) is 75.1 Å². The highest BCUT2D eigenvalue weighted by Crippen LogP contribution is 2.53. The number of phenolic OH excluding ortho intramolecular Hbond substituents is 2. The van der Waals surface area contributed by atoms with Crippen molar-refractivity contribution in [3.8, 4) is 23.0 Å². The number of nitrogens with one attached hydrogen (secondary N) is 7. The van der Waals surface area contributed by atoms with Crippen LogP contribution in [0.2, 0.25) is 0 Å². The first-order chi connectivity index (χ1) is 47.4. The minimum Gasteiger partial charge on any atom is -0.507 e. The summed E-state index contributed by atoms with van der Waals surface area (Å²) in [5, 5.41) is 84.2. The minimum atomic E-state index is -2.48. The van der Waals surface area contributed by atoms with Crippen LogP contribution in [0.15, 0.2) is 47.4 Å². The molecule has 2 aliphatic heterocycles. The quantitative estimate of drug-likeness (QED) is 0.0165. The Morgan fingerprint density at radius 3 is 2.24 bits per heavy atom. The number of nitrogens with zero attached hydrogens (tertiary/aromatic N) is 1. The van der Waals surface area contributed by atoms with Gasteiger partial charge in [0.15, 0.2) is 17.9 Å². The van der Waals surface area contributed by atoms with Crippen molar-refractivity contribution in [1.82, 2.24) is 36.8 Å². The van der Waals surface area contributed by atoms with Crippen molar-refractivity contribution in [2.24, 2.45) is 11.7 Å². The van der Waals surface area contributed by atoms with Crippen LogP contribution in [0.1, 0.15) is 128 Å². The van der Waals surface area contributed by atoms with Crippen LogP contribution in [0.25, 0.3) is 0 Å². The first-order valence-electron chi connectivity index (χ1n) is 31.8. The van der Waals surface area contributed by atoms with Gasteiger partial charge in [0.1, 0.15) is 72.6 Å². The van der Waals surface area contributed by atoms with Crippen LogP contribution in [0.3, 0.4) is 0 Å². The molecule has 0 bridgehead atoms. The molecular formula is C65H81N9O25S. The van der Waals surface area contributed by atoms with Crippen molar-refractivity contribution >= 4 is 94.2 Å². The maximum atomic E-state index is 14.2. The molecule has 35 heteroatoms. The smallest absolute Gasteiger partial charge is 0.407 e. The van der Waals surface area contributed by atoms with Gasteiger partial charge in [-0.2, -0.15) is 0 Å². The van der Waals surface area contributed by atoms with Crippen molar-refractivity contribution in [3.63, 3.8) is 0 Å². The fourth-order valence-electron chi connectivity index (χ4n) is 11.5. The van der Waals surface area contributed by atoms with Gasteiger partial charge < -0.3 is 102 Å². The zero-order chi connectivity index (χ0) is 73.4. The van der Waals surface area contributed by atoms with Crippen molar-refractivity contribution < 1.29 is 121 Å². The molecule has 7 rings (SSSR count). The minimum absolute atomic E-state index is 0.0130. The Labute approximate surface area is 576 Å². The van der Waals surface area contributed by atoms with Crippen LogP contribution >= 0.6 is 11.8 Å². The number of hydrogen-bond acceptors (Lipinski definition) is 25. The maximum absolute atomic E-state index is 14.2. The van der Waals surface area contributed by atoms with Crippen LogP contribution in [0, 0.1) is 5.92 Å².